The number of nitrogens with one attached hydrogen (secondary N) is 1. The lowest BCUT2D eigenvalue weighted by atomic mass is 9.46. The summed E-state index contributed by atoms with van der Waals surface area (Å²) in [5, 5.41) is 3.85. The summed E-state index contributed by atoms with van der Waals surface area (Å²) in [6, 6.07) is 0. The van der Waals surface area contributed by atoms with E-state index in [1.807, 2.05) is 0 Å². The van der Waals surface area contributed by atoms with Crippen LogP contribution in [0.15, 0.2) is 0 Å². The zero-order chi connectivity index (χ0) is 14.4. The largest absolute Gasteiger partial charge is 0.377 e. The first-order valence-corrected chi connectivity index (χ1v) is 8.55. The molecule has 3 unspecified atom stereocenters. The Morgan fingerprint density at radius 1 is 1.10 bits per heavy atom. The van der Waals surface area contributed by atoms with Crippen molar-refractivity contribution in [2.75, 3.05) is 13.2 Å². The summed E-state index contributed by atoms with van der Waals surface area (Å²) >= 11 is 0. The van der Waals surface area contributed by atoms with E-state index in [4.69, 9.17) is 10.5 Å². The normalized spacial score (nSPS) is 42.6. The highest BCUT2D eigenvalue weighted by atomic mass is 16.5. The maximum absolute atomic E-state index is 6.87. The van der Waals surface area contributed by atoms with Crippen LogP contribution in [0.1, 0.15) is 65.7 Å². The van der Waals surface area contributed by atoms with Crippen LogP contribution in [0.25, 0.3) is 0 Å². The Balaban J connectivity index is 1.66. The molecule has 2 aliphatic carbocycles. The van der Waals surface area contributed by atoms with Crippen molar-refractivity contribution in [2.45, 2.75) is 82.9 Å². The van der Waals surface area contributed by atoms with Gasteiger partial charge in [0.2, 0.25) is 0 Å². The third-order valence-electron chi connectivity index (χ3n) is 6.66. The third kappa shape index (κ3) is 2.13. The lowest BCUT2D eigenvalue weighted by Gasteiger charge is -2.67. The van der Waals surface area contributed by atoms with Gasteiger partial charge in [-0.25, -0.2) is 0 Å². The molecule has 116 valence electrons. The van der Waals surface area contributed by atoms with Crippen LogP contribution < -0.4 is 11.1 Å². The van der Waals surface area contributed by atoms with Crippen LogP contribution in [0.3, 0.4) is 0 Å². The molecule has 3 atom stereocenters. The Morgan fingerprint density at radius 2 is 1.80 bits per heavy atom. The fraction of sp³-hybridized carbons (Fsp3) is 1.00. The Hall–Kier alpha value is -0.120. The Bertz CT molecular complexity index is 362. The third-order valence-corrected chi connectivity index (χ3v) is 6.66. The second kappa shape index (κ2) is 4.96. The fourth-order valence-electron chi connectivity index (χ4n) is 4.89. The van der Waals surface area contributed by atoms with Crippen LogP contribution in [0.2, 0.25) is 0 Å². The van der Waals surface area contributed by atoms with Crippen LogP contribution in [-0.2, 0) is 4.74 Å². The van der Waals surface area contributed by atoms with E-state index in [1.165, 1.54) is 44.9 Å². The Morgan fingerprint density at radius 3 is 2.50 bits per heavy atom. The van der Waals surface area contributed by atoms with Gasteiger partial charge >= 0.3 is 0 Å². The molecule has 0 aromatic heterocycles. The SMILES string of the molecule is CC1(NCC2(N)C3CCCOC3C2(C)C)CCCCC1. The predicted octanol–water partition coefficient (Wildman–Crippen LogP) is 2.83. The number of rotatable bonds is 3. The van der Waals surface area contributed by atoms with Gasteiger partial charge in [0.25, 0.3) is 0 Å². The van der Waals surface area contributed by atoms with Crippen molar-refractivity contribution < 1.29 is 4.74 Å². The van der Waals surface area contributed by atoms with Crippen LogP contribution >= 0.6 is 0 Å². The maximum Gasteiger partial charge on any atom is 0.0690 e. The zero-order valence-corrected chi connectivity index (χ0v) is 13.5. The number of hydrogen-bond acceptors (Lipinski definition) is 3. The smallest absolute Gasteiger partial charge is 0.0690 e. The van der Waals surface area contributed by atoms with Crippen LogP contribution in [0, 0.1) is 11.3 Å². The standard InChI is InChI=1S/C17H32N2O/c1-15(2)14-13(8-7-11-20-14)17(15,18)12-19-16(3)9-5-4-6-10-16/h13-14,19H,4-12,18H2,1-3H3. The lowest BCUT2D eigenvalue weighted by Crippen LogP contribution is -2.81. The van der Waals surface area contributed by atoms with Gasteiger partial charge < -0.3 is 15.8 Å². The average molecular weight is 280 g/mol. The highest BCUT2D eigenvalue weighted by molar-refractivity contribution is 5.21. The van der Waals surface area contributed by atoms with Crippen molar-refractivity contribution >= 4 is 0 Å². The van der Waals surface area contributed by atoms with E-state index in [1.54, 1.807) is 0 Å². The van der Waals surface area contributed by atoms with E-state index >= 15 is 0 Å². The fourth-order valence-corrected chi connectivity index (χ4v) is 4.89. The van der Waals surface area contributed by atoms with Crippen LogP contribution in [0.4, 0.5) is 0 Å². The van der Waals surface area contributed by atoms with Gasteiger partial charge in [0.1, 0.15) is 0 Å². The minimum absolute atomic E-state index is 0.0934. The minimum Gasteiger partial charge on any atom is -0.377 e. The molecule has 3 N–H and O–H groups in total. The van der Waals surface area contributed by atoms with Gasteiger partial charge in [0.15, 0.2) is 0 Å². The van der Waals surface area contributed by atoms with E-state index in [-0.39, 0.29) is 11.0 Å². The summed E-state index contributed by atoms with van der Waals surface area (Å²) in [6.07, 6.45) is 9.51. The van der Waals surface area contributed by atoms with Gasteiger partial charge in [0, 0.05) is 35.6 Å². The number of nitrogens with two attached hydrogens (primary N) is 1. The summed E-state index contributed by atoms with van der Waals surface area (Å²) in [5.74, 6) is 0.547. The van der Waals surface area contributed by atoms with Crippen molar-refractivity contribution in [3.8, 4) is 0 Å². The van der Waals surface area contributed by atoms with Gasteiger partial charge in [-0.3, -0.25) is 0 Å². The van der Waals surface area contributed by atoms with Crippen LogP contribution in [0.5, 0.6) is 0 Å². The number of fused-ring (bicyclic) bond motifs is 1. The molecule has 1 aliphatic heterocycles. The highest BCUT2D eigenvalue weighted by Crippen LogP contribution is 2.57. The molecule has 20 heavy (non-hydrogen) atoms. The van der Waals surface area contributed by atoms with E-state index in [2.05, 4.69) is 26.1 Å². The molecule has 0 spiro atoms. The molecule has 3 nitrogen and oxygen atoms in total. The molecule has 3 aliphatic rings. The van der Waals surface area contributed by atoms with E-state index in [0.29, 0.717) is 17.6 Å². The summed E-state index contributed by atoms with van der Waals surface area (Å²) in [5.41, 5.74) is 7.17. The summed E-state index contributed by atoms with van der Waals surface area (Å²) in [4.78, 5) is 0. The topological polar surface area (TPSA) is 47.3 Å². The first kappa shape index (κ1) is 14.8. The van der Waals surface area contributed by atoms with E-state index in [0.717, 1.165) is 13.2 Å². The monoisotopic (exact) mass is 280 g/mol. The maximum atomic E-state index is 6.87. The minimum atomic E-state index is -0.0987. The lowest BCUT2D eigenvalue weighted by molar-refractivity contribution is -0.226. The van der Waals surface area contributed by atoms with Gasteiger partial charge in [-0.15, -0.1) is 0 Å². The molecule has 0 amide bonds. The first-order chi connectivity index (χ1) is 9.39. The summed E-state index contributed by atoms with van der Waals surface area (Å²) in [6.45, 7) is 8.84. The number of ether oxygens (including phenoxy) is 1. The van der Waals surface area contributed by atoms with Crippen molar-refractivity contribution in [1.29, 1.82) is 0 Å². The molecule has 0 bridgehead atoms. The summed E-state index contributed by atoms with van der Waals surface area (Å²) in [7, 11) is 0. The molecule has 0 aromatic carbocycles. The quantitative estimate of drug-likeness (QED) is 0.835. The zero-order valence-electron chi connectivity index (χ0n) is 13.5. The molecule has 1 saturated heterocycles. The second-order valence-corrected chi connectivity index (χ2v) is 8.28. The van der Waals surface area contributed by atoms with Crippen molar-refractivity contribution in [3.05, 3.63) is 0 Å². The molecule has 2 saturated carbocycles. The molecule has 3 rings (SSSR count). The van der Waals surface area contributed by atoms with Crippen molar-refractivity contribution in [3.63, 3.8) is 0 Å². The second-order valence-electron chi connectivity index (χ2n) is 8.28. The molecule has 1 heterocycles. The Labute approximate surface area is 124 Å². The molecule has 3 heteroatoms. The molecule has 3 fully saturated rings. The van der Waals surface area contributed by atoms with Crippen molar-refractivity contribution in [1.82, 2.24) is 5.32 Å². The van der Waals surface area contributed by atoms with Gasteiger partial charge in [-0.1, -0.05) is 33.1 Å². The van der Waals surface area contributed by atoms with Crippen molar-refractivity contribution in [2.24, 2.45) is 17.1 Å². The predicted molar refractivity (Wildman–Crippen MR) is 82.7 cm³/mol. The van der Waals surface area contributed by atoms with Gasteiger partial charge in [-0.2, -0.15) is 0 Å². The molecule has 0 aromatic rings. The summed E-state index contributed by atoms with van der Waals surface area (Å²) < 4.78 is 6.00. The van der Waals surface area contributed by atoms with Gasteiger partial charge in [-0.05, 0) is 32.6 Å². The van der Waals surface area contributed by atoms with E-state index < -0.39 is 0 Å². The molecular weight excluding hydrogens is 248 g/mol. The average Bonchev–Trinajstić information content (AvgIpc) is 2.45. The highest BCUT2D eigenvalue weighted by Gasteiger charge is 2.66. The van der Waals surface area contributed by atoms with E-state index in [9.17, 15) is 0 Å². The first-order valence-electron chi connectivity index (χ1n) is 8.55. The number of hydrogen-bond donors (Lipinski definition) is 2. The molecular formula is C17H32N2O. The Kier molecular flexibility index (Phi) is 3.67. The van der Waals surface area contributed by atoms with Gasteiger partial charge in [0.05, 0.1) is 6.10 Å². The molecule has 0 radical (unpaired) electrons. The van der Waals surface area contributed by atoms with Crippen LogP contribution in [-0.4, -0.2) is 30.3 Å².